The number of ether oxygens (including phenoxy) is 1. The Labute approximate surface area is 142 Å². The number of carbonyl (C=O) groups is 2. The van der Waals surface area contributed by atoms with Crippen molar-refractivity contribution in [1.82, 2.24) is 10.6 Å². The Morgan fingerprint density at radius 3 is 2.42 bits per heavy atom. The molecule has 4 aliphatic carbocycles. The van der Waals surface area contributed by atoms with E-state index in [1.54, 1.807) is 6.92 Å². The fourth-order valence-electron chi connectivity index (χ4n) is 5.87. The fraction of sp³-hybridized carbons (Fsp3) is 0.778. The number of urea groups is 1. The topological polar surface area (TPSA) is 84.0 Å². The molecule has 0 aromatic carbocycles. The molecule has 5 rings (SSSR count). The van der Waals surface area contributed by atoms with Crippen LogP contribution in [-0.2, 0) is 9.53 Å². The normalized spacial score (nSPS) is 37.2. The number of nitrogens with one attached hydrogen (secondary N) is 2. The second kappa shape index (κ2) is 6.06. The molecule has 6 nitrogen and oxygen atoms in total. The van der Waals surface area contributed by atoms with Gasteiger partial charge in [-0.15, -0.1) is 0 Å². The van der Waals surface area contributed by atoms with Gasteiger partial charge in [0.15, 0.2) is 0 Å². The van der Waals surface area contributed by atoms with Crippen LogP contribution < -0.4 is 16.0 Å². The molecule has 1 heterocycles. The average Bonchev–Trinajstić information content (AvgIpc) is 2.52. The van der Waals surface area contributed by atoms with Gasteiger partial charge in [0.2, 0.25) is 0 Å². The Balaban J connectivity index is 1.48. The molecule has 4 N–H and O–H groups in total. The molecule has 0 aromatic rings. The lowest BCUT2D eigenvalue weighted by molar-refractivity contribution is -0.733. The van der Waals surface area contributed by atoms with E-state index in [-0.39, 0.29) is 18.5 Å². The minimum absolute atomic E-state index is 0.225. The van der Waals surface area contributed by atoms with Crippen molar-refractivity contribution in [2.45, 2.75) is 51.0 Å². The van der Waals surface area contributed by atoms with Crippen molar-refractivity contribution in [2.75, 3.05) is 19.7 Å². The zero-order valence-corrected chi connectivity index (χ0v) is 14.4. The standard InChI is InChI=1S/C18H27N3O3/c1-2-24-16(22)14-9-19-17(23)21-15(14)10-20-18-6-11-3-12(7-18)5-13(4-11)8-18/h11-13,20H,2-10H2,1H3,(H2,19,21,23)/p+1. The first-order chi connectivity index (χ1) is 11.6. The maximum absolute atomic E-state index is 12.2. The highest BCUT2D eigenvalue weighted by molar-refractivity contribution is 5.93. The van der Waals surface area contributed by atoms with Crippen LogP contribution in [0.1, 0.15) is 45.4 Å². The van der Waals surface area contributed by atoms with Crippen LogP contribution >= 0.6 is 0 Å². The summed E-state index contributed by atoms with van der Waals surface area (Å²) in [5, 5.41) is 7.92. The molecule has 1 aliphatic heterocycles. The summed E-state index contributed by atoms with van der Waals surface area (Å²) in [6, 6.07) is -0.225. The van der Waals surface area contributed by atoms with E-state index in [0.717, 1.165) is 23.5 Å². The summed E-state index contributed by atoms with van der Waals surface area (Å²) in [7, 11) is 0. The highest BCUT2D eigenvalue weighted by atomic mass is 16.5. The minimum atomic E-state index is -0.320. The van der Waals surface area contributed by atoms with Crippen LogP contribution in [0.15, 0.2) is 11.3 Å². The molecule has 5 aliphatic rings. The maximum Gasteiger partial charge on any atom is 0.337 e. The van der Waals surface area contributed by atoms with E-state index in [2.05, 4.69) is 16.0 Å². The van der Waals surface area contributed by atoms with Crippen molar-refractivity contribution in [3.05, 3.63) is 11.3 Å². The Morgan fingerprint density at radius 1 is 1.21 bits per heavy atom. The number of carbonyl (C=O) groups excluding carboxylic acids is 2. The number of nitrogens with two attached hydrogens (primary N) is 1. The molecule has 24 heavy (non-hydrogen) atoms. The molecule has 0 saturated heterocycles. The lowest BCUT2D eigenvalue weighted by atomic mass is 9.53. The highest BCUT2D eigenvalue weighted by Crippen LogP contribution is 2.54. The van der Waals surface area contributed by atoms with Crippen molar-refractivity contribution in [3.8, 4) is 0 Å². The number of hydrogen-bond donors (Lipinski definition) is 3. The van der Waals surface area contributed by atoms with Gasteiger partial charge in [-0.25, -0.2) is 9.59 Å². The van der Waals surface area contributed by atoms with Crippen LogP contribution in [0.5, 0.6) is 0 Å². The van der Waals surface area contributed by atoms with Gasteiger partial charge in [-0.2, -0.15) is 0 Å². The molecule has 0 aromatic heterocycles. The lowest BCUT2D eigenvalue weighted by Crippen LogP contribution is -2.99. The summed E-state index contributed by atoms with van der Waals surface area (Å²) >= 11 is 0. The third-order valence-corrected chi connectivity index (χ3v) is 6.40. The summed E-state index contributed by atoms with van der Waals surface area (Å²) in [6.07, 6.45) is 8.16. The smallest absolute Gasteiger partial charge is 0.337 e. The van der Waals surface area contributed by atoms with Gasteiger partial charge in [-0.3, -0.25) is 0 Å². The third kappa shape index (κ3) is 2.92. The van der Waals surface area contributed by atoms with Crippen LogP contribution in [0.25, 0.3) is 0 Å². The van der Waals surface area contributed by atoms with Crippen LogP contribution in [-0.4, -0.2) is 37.2 Å². The van der Waals surface area contributed by atoms with Crippen molar-refractivity contribution >= 4 is 12.0 Å². The Hall–Kier alpha value is -1.56. The quantitative estimate of drug-likeness (QED) is 0.646. The molecule has 0 unspecified atom stereocenters. The van der Waals surface area contributed by atoms with E-state index in [1.165, 1.54) is 38.5 Å². The summed E-state index contributed by atoms with van der Waals surface area (Å²) in [6.45, 7) is 3.07. The number of amides is 2. The van der Waals surface area contributed by atoms with E-state index in [4.69, 9.17) is 4.74 Å². The Morgan fingerprint density at radius 2 is 1.83 bits per heavy atom. The Bertz CT molecular complexity index is 549. The monoisotopic (exact) mass is 334 g/mol. The van der Waals surface area contributed by atoms with Gasteiger partial charge in [0, 0.05) is 19.3 Å². The first kappa shape index (κ1) is 15.9. The van der Waals surface area contributed by atoms with Crippen LogP contribution in [0.4, 0.5) is 4.79 Å². The highest BCUT2D eigenvalue weighted by Gasteiger charge is 2.53. The molecule has 4 fully saturated rings. The van der Waals surface area contributed by atoms with Crippen molar-refractivity contribution in [2.24, 2.45) is 17.8 Å². The zero-order chi connectivity index (χ0) is 16.7. The van der Waals surface area contributed by atoms with E-state index in [9.17, 15) is 9.59 Å². The van der Waals surface area contributed by atoms with E-state index < -0.39 is 0 Å². The van der Waals surface area contributed by atoms with E-state index in [0.29, 0.717) is 24.3 Å². The molecule has 4 saturated carbocycles. The van der Waals surface area contributed by atoms with Gasteiger partial charge in [0.1, 0.15) is 6.54 Å². The first-order valence-electron chi connectivity index (χ1n) is 9.35. The van der Waals surface area contributed by atoms with Gasteiger partial charge in [-0.1, -0.05) is 0 Å². The molecular weight excluding hydrogens is 306 g/mol. The van der Waals surface area contributed by atoms with Gasteiger partial charge < -0.3 is 20.7 Å². The van der Waals surface area contributed by atoms with Gasteiger partial charge in [0.05, 0.1) is 30.0 Å². The molecule has 0 atom stereocenters. The second-order valence-electron chi connectivity index (χ2n) is 8.17. The number of rotatable bonds is 5. The van der Waals surface area contributed by atoms with Gasteiger partial charge in [0.25, 0.3) is 0 Å². The molecule has 6 heteroatoms. The number of hydrogen-bond acceptors (Lipinski definition) is 3. The van der Waals surface area contributed by atoms with Crippen molar-refractivity contribution in [1.29, 1.82) is 0 Å². The van der Waals surface area contributed by atoms with Crippen molar-refractivity contribution < 1.29 is 19.6 Å². The number of quaternary nitrogens is 1. The minimum Gasteiger partial charge on any atom is -0.463 e. The first-order valence-corrected chi connectivity index (χ1v) is 9.35. The molecule has 2 amide bonds. The van der Waals surface area contributed by atoms with Gasteiger partial charge in [-0.05, 0) is 43.9 Å². The van der Waals surface area contributed by atoms with E-state index >= 15 is 0 Å². The van der Waals surface area contributed by atoms with E-state index in [1.807, 2.05) is 0 Å². The third-order valence-electron chi connectivity index (χ3n) is 6.40. The molecule has 132 valence electrons. The van der Waals surface area contributed by atoms with Gasteiger partial charge >= 0.3 is 12.0 Å². The average molecular weight is 334 g/mol. The fourth-order valence-corrected chi connectivity index (χ4v) is 5.87. The predicted molar refractivity (Wildman–Crippen MR) is 87.9 cm³/mol. The predicted octanol–water partition coefficient (Wildman–Crippen LogP) is 0.649. The summed E-state index contributed by atoms with van der Waals surface area (Å²) in [5.41, 5.74) is 1.63. The number of esters is 1. The molecule has 0 spiro atoms. The molecule has 4 bridgehead atoms. The maximum atomic E-state index is 12.2. The zero-order valence-electron chi connectivity index (χ0n) is 14.4. The largest absolute Gasteiger partial charge is 0.463 e. The Kier molecular flexibility index (Phi) is 4.03. The lowest BCUT2D eigenvalue weighted by Gasteiger charge is -2.54. The molecular formula is C18H28N3O3+. The van der Waals surface area contributed by atoms with Crippen LogP contribution in [0.2, 0.25) is 0 Å². The summed E-state index contributed by atoms with van der Waals surface area (Å²) in [4.78, 5) is 23.9. The molecule has 0 radical (unpaired) electrons. The second-order valence-corrected chi connectivity index (χ2v) is 8.17. The van der Waals surface area contributed by atoms with Crippen molar-refractivity contribution in [3.63, 3.8) is 0 Å². The summed E-state index contributed by atoms with van der Waals surface area (Å²) < 4.78 is 5.14. The summed E-state index contributed by atoms with van der Waals surface area (Å²) in [5.74, 6) is 2.37. The van der Waals surface area contributed by atoms with Crippen LogP contribution in [0, 0.1) is 17.8 Å². The SMILES string of the molecule is CCOC(=O)C1=C(C[NH2+]C23CC4CC(CC(C4)C2)C3)NC(=O)NC1. The van der Waals surface area contributed by atoms with Crippen LogP contribution in [0.3, 0.4) is 0 Å².